The lowest BCUT2D eigenvalue weighted by Gasteiger charge is -2.15. The van der Waals surface area contributed by atoms with Gasteiger partial charge in [0.05, 0.1) is 0 Å². The number of aryl methyl sites for hydroxylation is 2. The van der Waals surface area contributed by atoms with Crippen molar-refractivity contribution >= 4 is 21.9 Å². The van der Waals surface area contributed by atoms with Crippen molar-refractivity contribution < 1.29 is 0 Å². The largest absolute Gasteiger partial charge is 0.0614 e. The molecule has 26 heavy (non-hydrogen) atoms. The highest BCUT2D eigenvalue weighted by molar-refractivity contribution is 6.20. The van der Waals surface area contributed by atoms with E-state index in [0.29, 0.717) is 0 Å². The van der Waals surface area contributed by atoms with Crippen LogP contribution in [0.5, 0.6) is 0 Å². The standard InChI is InChI=1S/C26H18/c1-5-17-13-14-18-6-2-10-21(16-18)26-23-12-4-8-19-7-3-11-22(24(19)23)25(26)20(9-1)15-17/h1-12,15-16H,13-14H2. The predicted molar refractivity (Wildman–Crippen MR) is 109 cm³/mol. The highest BCUT2D eigenvalue weighted by Crippen LogP contribution is 2.48. The molecule has 4 bridgehead atoms. The molecule has 0 atom stereocenters. The van der Waals surface area contributed by atoms with Gasteiger partial charge < -0.3 is 0 Å². The molecular formula is C26H18. The maximum atomic E-state index is 2.39. The van der Waals surface area contributed by atoms with Gasteiger partial charge in [0.15, 0.2) is 0 Å². The molecule has 0 saturated heterocycles. The van der Waals surface area contributed by atoms with Crippen molar-refractivity contribution in [2.45, 2.75) is 12.8 Å². The Morgan fingerprint density at radius 2 is 1.00 bits per heavy atom. The van der Waals surface area contributed by atoms with Gasteiger partial charge in [-0.15, -0.1) is 0 Å². The van der Waals surface area contributed by atoms with Crippen LogP contribution in [-0.4, -0.2) is 0 Å². The van der Waals surface area contributed by atoms with Crippen LogP contribution in [0.25, 0.3) is 21.9 Å². The maximum absolute atomic E-state index is 2.39. The zero-order chi connectivity index (χ0) is 17.1. The highest BCUT2D eigenvalue weighted by atomic mass is 14.3. The van der Waals surface area contributed by atoms with Crippen molar-refractivity contribution in [3.05, 3.63) is 118 Å². The van der Waals surface area contributed by atoms with E-state index in [0.717, 1.165) is 12.8 Å². The minimum absolute atomic E-state index is 1.09. The fourth-order valence-electron chi connectivity index (χ4n) is 4.68. The predicted octanol–water partition coefficient (Wildman–Crippen LogP) is 6.26. The van der Waals surface area contributed by atoms with Crippen molar-refractivity contribution in [3.8, 4) is 0 Å². The molecule has 0 saturated carbocycles. The summed E-state index contributed by atoms with van der Waals surface area (Å²) in [5, 5.41) is 2.73. The number of hydrogen-bond donors (Lipinski definition) is 0. The molecule has 4 aromatic rings. The van der Waals surface area contributed by atoms with E-state index in [9.17, 15) is 0 Å². The van der Waals surface area contributed by atoms with Gasteiger partial charge in [0.1, 0.15) is 0 Å². The maximum Gasteiger partial charge on any atom is -0.00200 e. The first-order valence-electron chi connectivity index (χ1n) is 9.34. The molecule has 4 aromatic carbocycles. The van der Waals surface area contributed by atoms with Crippen molar-refractivity contribution in [2.24, 2.45) is 0 Å². The van der Waals surface area contributed by atoms with Crippen molar-refractivity contribution in [2.75, 3.05) is 0 Å². The molecule has 0 N–H and O–H groups in total. The van der Waals surface area contributed by atoms with Gasteiger partial charge >= 0.3 is 0 Å². The monoisotopic (exact) mass is 330 g/mol. The molecule has 0 aromatic heterocycles. The van der Waals surface area contributed by atoms with Crippen LogP contribution < -0.4 is 0 Å². The molecule has 0 spiro atoms. The summed E-state index contributed by atoms with van der Waals surface area (Å²) in [5.74, 6) is 0. The summed E-state index contributed by atoms with van der Waals surface area (Å²) in [7, 11) is 0. The summed E-state index contributed by atoms with van der Waals surface area (Å²) in [6, 6.07) is 31.7. The highest BCUT2D eigenvalue weighted by Gasteiger charge is 2.26. The van der Waals surface area contributed by atoms with Gasteiger partial charge in [-0.2, -0.15) is 0 Å². The molecule has 0 fully saturated rings. The van der Waals surface area contributed by atoms with E-state index in [-0.39, 0.29) is 0 Å². The molecular weight excluding hydrogens is 312 g/mol. The molecule has 0 aliphatic heterocycles. The SMILES string of the molecule is c1cc2cc(c1)C1=C(c3cccc(c3)CC2)c2cccc3cccc1c23. The number of fused-ring (bicyclic) bond motifs is 8. The summed E-state index contributed by atoms with van der Waals surface area (Å²) in [6.45, 7) is 0. The molecule has 122 valence electrons. The van der Waals surface area contributed by atoms with Gasteiger partial charge in [-0.25, -0.2) is 0 Å². The van der Waals surface area contributed by atoms with Crippen molar-refractivity contribution in [1.29, 1.82) is 0 Å². The van der Waals surface area contributed by atoms with Gasteiger partial charge in [-0.1, -0.05) is 84.9 Å². The fourth-order valence-corrected chi connectivity index (χ4v) is 4.68. The van der Waals surface area contributed by atoms with E-state index >= 15 is 0 Å². The third-order valence-electron chi connectivity index (χ3n) is 5.83. The Bertz CT molecular complexity index is 1130. The van der Waals surface area contributed by atoms with Gasteiger partial charge in [0.2, 0.25) is 0 Å². The van der Waals surface area contributed by atoms with Gasteiger partial charge in [0.25, 0.3) is 0 Å². The molecule has 6 rings (SSSR count). The van der Waals surface area contributed by atoms with E-state index in [1.807, 2.05) is 0 Å². The Morgan fingerprint density at radius 3 is 1.54 bits per heavy atom. The van der Waals surface area contributed by atoms with E-state index in [1.54, 1.807) is 0 Å². The van der Waals surface area contributed by atoms with Crippen LogP contribution in [0.15, 0.2) is 84.9 Å². The van der Waals surface area contributed by atoms with Crippen LogP contribution in [0.2, 0.25) is 0 Å². The smallest absolute Gasteiger partial charge is 0.00200 e. The first kappa shape index (κ1) is 14.1. The zero-order valence-electron chi connectivity index (χ0n) is 14.5. The molecule has 0 heterocycles. The Morgan fingerprint density at radius 1 is 0.500 bits per heavy atom. The number of rotatable bonds is 0. The van der Waals surface area contributed by atoms with Crippen LogP contribution in [-0.2, 0) is 12.8 Å². The summed E-state index contributed by atoms with van der Waals surface area (Å²) in [4.78, 5) is 0. The van der Waals surface area contributed by atoms with Crippen LogP contribution in [0, 0.1) is 0 Å². The minimum atomic E-state index is 1.09. The molecule has 0 unspecified atom stereocenters. The van der Waals surface area contributed by atoms with Crippen LogP contribution >= 0.6 is 0 Å². The Labute approximate surface area is 153 Å². The van der Waals surface area contributed by atoms with Crippen molar-refractivity contribution in [1.82, 2.24) is 0 Å². The second kappa shape index (κ2) is 5.19. The van der Waals surface area contributed by atoms with E-state index < -0.39 is 0 Å². The lowest BCUT2D eigenvalue weighted by molar-refractivity contribution is 0.958. The average molecular weight is 330 g/mol. The lowest BCUT2D eigenvalue weighted by Crippen LogP contribution is -1.98. The molecule has 0 heteroatoms. The second-order valence-corrected chi connectivity index (χ2v) is 7.36. The lowest BCUT2D eigenvalue weighted by atomic mass is 9.88. The number of hydrogen-bond acceptors (Lipinski definition) is 0. The molecule has 0 amide bonds. The summed E-state index contributed by atoms with van der Waals surface area (Å²) in [5.41, 5.74) is 11.0. The molecule has 2 aliphatic rings. The number of benzene rings is 4. The summed E-state index contributed by atoms with van der Waals surface area (Å²) in [6.07, 6.45) is 2.19. The van der Waals surface area contributed by atoms with Crippen LogP contribution in [0.3, 0.4) is 0 Å². The van der Waals surface area contributed by atoms with E-state index in [2.05, 4.69) is 84.9 Å². The molecule has 2 aliphatic carbocycles. The minimum Gasteiger partial charge on any atom is -0.0614 e. The Hall–Kier alpha value is -3.12. The quantitative estimate of drug-likeness (QED) is 0.314. The van der Waals surface area contributed by atoms with E-state index in [1.165, 1.54) is 55.3 Å². The Kier molecular flexibility index (Phi) is 2.81. The van der Waals surface area contributed by atoms with E-state index in [4.69, 9.17) is 0 Å². The van der Waals surface area contributed by atoms with Gasteiger partial charge in [0, 0.05) is 0 Å². The van der Waals surface area contributed by atoms with Crippen LogP contribution in [0.1, 0.15) is 33.4 Å². The Balaban J connectivity index is 1.80. The third kappa shape index (κ3) is 1.90. The van der Waals surface area contributed by atoms with Gasteiger partial charge in [-0.3, -0.25) is 0 Å². The average Bonchev–Trinajstić information content (AvgIpc) is 3.03. The summed E-state index contributed by atoms with van der Waals surface area (Å²) >= 11 is 0. The first-order valence-corrected chi connectivity index (χ1v) is 9.34. The molecule has 0 nitrogen and oxygen atoms in total. The zero-order valence-corrected chi connectivity index (χ0v) is 14.5. The third-order valence-corrected chi connectivity index (χ3v) is 5.83. The summed E-state index contributed by atoms with van der Waals surface area (Å²) < 4.78 is 0. The van der Waals surface area contributed by atoms with Crippen molar-refractivity contribution in [3.63, 3.8) is 0 Å². The topological polar surface area (TPSA) is 0 Å². The second-order valence-electron chi connectivity index (χ2n) is 7.36. The fraction of sp³-hybridized carbons (Fsp3) is 0.0769. The van der Waals surface area contributed by atoms with Gasteiger partial charge in [-0.05, 0) is 68.1 Å². The normalized spacial score (nSPS) is 14.5. The first-order chi connectivity index (χ1) is 12.9. The molecule has 0 radical (unpaired) electrons. The van der Waals surface area contributed by atoms with Crippen LogP contribution in [0.4, 0.5) is 0 Å².